The van der Waals surface area contributed by atoms with Gasteiger partial charge in [0.05, 0.1) is 5.92 Å². The van der Waals surface area contributed by atoms with Gasteiger partial charge < -0.3 is 0 Å². The molecule has 1 aliphatic carbocycles. The lowest BCUT2D eigenvalue weighted by Gasteiger charge is -2.10. The van der Waals surface area contributed by atoms with E-state index in [9.17, 15) is 9.59 Å². The van der Waals surface area contributed by atoms with Crippen molar-refractivity contribution < 1.29 is 9.59 Å². The van der Waals surface area contributed by atoms with E-state index in [0.717, 1.165) is 11.1 Å². The van der Waals surface area contributed by atoms with Gasteiger partial charge in [-0.2, -0.15) is 0 Å². The topological polar surface area (TPSA) is 34.1 Å². The predicted molar refractivity (Wildman–Crippen MR) is 83.7 cm³/mol. The lowest BCUT2D eigenvalue weighted by atomic mass is 9.92. The number of halogens is 1. The first-order valence-corrected chi connectivity index (χ1v) is 7.07. The van der Waals surface area contributed by atoms with Crippen molar-refractivity contribution >= 4 is 28.7 Å². The highest BCUT2D eigenvalue weighted by Crippen LogP contribution is 2.33. The van der Waals surface area contributed by atoms with E-state index in [2.05, 4.69) is 6.58 Å². The van der Waals surface area contributed by atoms with Gasteiger partial charge in [-0.25, -0.2) is 0 Å². The summed E-state index contributed by atoms with van der Waals surface area (Å²) in [5, 5.41) is 0.612. The quantitative estimate of drug-likeness (QED) is 0.785. The van der Waals surface area contributed by atoms with Crippen LogP contribution in [0, 0.1) is 5.92 Å². The number of allylic oxidation sites excluding steroid dienone is 1. The number of carbonyl (C=O) groups is 2. The van der Waals surface area contributed by atoms with Crippen LogP contribution in [0.5, 0.6) is 0 Å². The average molecular weight is 297 g/mol. The van der Waals surface area contributed by atoms with Crippen molar-refractivity contribution in [2.24, 2.45) is 5.92 Å². The Kier molecular flexibility index (Phi) is 3.48. The maximum atomic E-state index is 12.4. The Morgan fingerprint density at radius 2 is 1.62 bits per heavy atom. The molecule has 0 unspecified atom stereocenters. The summed E-state index contributed by atoms with van der Waals surface area (Å²) in [5.74, 6) is -0.883. The van der Waals surface area contributed by atoms with Crippen LogP contribution < -0.4 is 0 Å². The van der Waals surface area contributed by atoms with Gasteiger partial charge in [0.15, 0.2) is 11.6 Å². The third-order valence-corrected chi connectivity index (χ3v) is 4.01. The second kappa shape index (κ2) is 5.30. The molecule has 0 bridgehead atoms. The van der Waals surface area contributed by atoms with E-state index in [0.29, 0.717) is 22.6 Å². The van der Waals surface area contributed by atoms with Gasteiger partial charge >= 0.3 is 0 Å². The molecule has 2 aromatic carbocycles. The molecule has 3 heteroatoms. The smallest absolute Gasteiger partial charge is 0.174 e. The Morgan fingerprint density at radius 3 is 2.19 bits per heavy atom. The minimum Gasteiger partial charge on any atom is -0.293 e. The zero-order chi connectivity index (χ0) is 15.0. The van der Waals surface area contributed by atoms with Crippen LogP contribution in [0.25, 0.3) is 5.57 Å². The first kappa shape index (κ1) is 13.8. The number of rotatable bonds is 3. The second-order valence-electron chi connectivity index (χ2n) is 5.14. The van der Waals surface area contributed by atoms with Crippen molar-refractivity contribution in [2.45, 2.75) is 6.42 Å². The van der Waals surface area contributed by atoms with Crippen molar-refractivity contribution in [3.8, 4) is 0 Å². The van der Waals surface area contributed by atoms with Gasteiger partial charge in [0.25, 0.3) is 0 Å². The summed E-state index contributed by atoms with van der Waals surface area (Å²) in [6, 6.07) is 14.2. The van der Waals surface area contributed by atoms with Crippen LogP contribution in [0.4, 0.5) is 0 Å². The second-order valence-corrected chi connectivity index (χ2v) is 5.58. The number of carbonyl (C=O) groups excluding carboxylic acids is 2. The predicted octanol–water partition coefficient (Wildman–Crippen LogP) is 4.44. The fraction of sp³-hybridized carbons (Fsp3) is 0.111. The lowest BCUT2D eigenvalue weighted by molar-refractivity contribution is 0.0842. The normalized spacial score (nSPS) is 14.3. The molecule has 0 radical (unpaired) electrons. The minimum absolute atomic E-state index is 0.112. The van der Waals surface area contributed by atoms with Gasteiger partial charge in [0, 0.05) is 16.1 Å². The summed E-state index contributed by atoms with van der Waals surface area (Å²) in [4.78, 5) is 24.7. The van der Waals surface area contributed by atoms with Gasteiger partial charge in [0.2, 0.25) is 0 Å². The Hall–Kier alpha value is -2.19. The standard InChI is InChI=1S/C18H13ClO2/c1-11(12-5-4-6-13(19)10-12)9-16-17(20)14-7-2-3-8-15(14)18(16)21/h2-8,10,16H,1,9H2. The molecule has 21 heavy (non-hydrogen) atoms. The molecular formula is C18H13ClO2. The molecule has 0 spiro atoms. The summed E-state index contributed by atoms with van der Waals surface area (Å²) in [7, 11) is 0. The summed E-state index contributed by atoms with van der Waals surface area (Å²) in [6.45, 7) is 4.00. The number of fused-ring (bicyclic) bond motifs is 1. The molecule has 0 aromatic heterocycles. The number of ketones is 2. The molecule has 0 heterocycles. The molecule has 0 amide bonds. The van der Waals surface area contributed by atoms with Crippen LogP contribution >= 0.6 is 11.6 Å². The van der Waals surface area contributed by atoms with Crippen LogP contribution in [-0.2, 0) is 0 Å². The fourth-order valence-electron chi connectivity index (χ4n) is 2.67. The molecule has 0 atom stereocenters. The van der Waals surface area contributed by atoms with Gasteiger partial charge in [-0.15, -0.1) is 0 Å². The average Bonchev–Trinajstić information content (AvgIpc) is 2.73. The minimum atomic E-state index is -0.658. The van der Waals surface area contributed by atoms with E-state index >= 15 is 0 Å². The van der Waals surface area contributed by atoms with Crippen molar-refractivity contribution in [1.29, 1.82) is 0 Å². The monoisotopic (exact) mass is 296 g/mol. The maximum Gasteiger partial charge on any atom is 0.174 e. The van der Waals surface area contributed by atoms with E-state index < -0.39 is 5.92 Å². The summed E-state index contributed by atoms with van der Waals surface area (Å²) < 4.78 is 0. The van der Waals surface area contributed by atoms with Gasteiger partial charge in [-0.1, -0.05) is 54.6 Å². The number of hydrogen-bond donors (Lipinski definition) is 0. The fourth-order valence-corrected chi connectivity index (χ4v) is 2.86. The van der Waals surface area contributed by atoms with Crippen LogP contribution in [0.1, 0.15) is 32.7 Å². The van der Waals surface area contributed by atoms with E-state index in [4.69, 9.17) is 11.6 Å². The molecule has 1 aliphatic rings. The van der Waals surface area contributed by atoms with Crippen molar-refractivity contribution in [3.05, 3.63) is 76.8 Å². The third kappa shape index (κ3) is 2.43. The molecule has 2 nitrogen and oxygen atoms in total. The molecule has 2 aromatic rings. The molecule has 0 N–H and O–H groups in total. The van der Waals surface area contributed by atoms with Crippen molar-refractivity contribution in [3.63, 3.8) is 0 Å². The molecular weight excluding hydrogens is 284 g/mol. The summed E-state index contributed by atoms with van der Waals surface area (Å²) in [6.07, 6.45) is 0.326. The number of benzene rings is 2. The van der Waals surface area contributed by atoms with Gasteiger partial charge in [-0.05, 0) is 29.7 Å². The van der Waals surface area contributed by atoms with E-state index in [1.807, 2.05) is 12.1 Å². The highest BCUT2D eigenvalue weighted by molar-refractivity contribution is 6.30. The lowest BCUT2D eigenvalue weighted by Crippen LogP contribution is -2.15. The highest BCUT2D eigenvalue weighted by atomic mass is 35.5. The third-order valence-electron chi connectivity index (χ3n) is 3.77. The molecule has 3 rings (SSSR count). The molecule has 0 saturated carbocycles. The van der Waals surface area contributed by atoms with Gasteiger partial charge in [0.1, 0.15) is 0 Å². The van der Waals surface area contributed by atoms with Crippen molar-refractivity contribution in [1.82, 2.24) is 0 Å². The Morgan fingerprint density at radius 1 is 1.00 bits per heavy atom. The first-order valence-electron chi connectivity index (χ1n) is 6.69. The zero-order valence-electron chi connectivity index (χ0n) is 11.3. The number of Topliss-reactive ketones (excluding diaryl/α,β-unsaturated/α-hetero) is 2. The zero-order valence-corrected chi connectivity index (χ0v) is 12.1. The Bertz CT molecular complexity index is 726. The van der Waals surface area contributed by atoms with Crippen LogP contribution in [0.3, 0.4) is 0 Å². The summed E-state index contributed by atoms with van der Waals surface area (Å²) >= 11 is 5.96. The van der Waals surface area contributed by atoms with Crippen LogP contribution in [-0.4, -0.2) is 11.6 Å². The Labute approximate surface area is 128 Å². The highest BCUT2D eigenvalue weighted by Gasteiger charge is 2.38. The van der Waals surface area contributed by atoms with Crippen LogP contribution in [0.2, 0.25) is 5.02 Å². The molecule has 0 fully saturated rings. The summed E-state index contributed by atoms with van der Waals surface area (Å²) in [5.41, 5.74) is 2.65. The van der Waals surface area contributed by atoms with E-state index in [-0.39, 0.29) is 11.6 Å². The van der Waals surface area contributed by atoms with Crippen LogP contribution in [0.15, 0.2) is 55.1 Å². The SMILES string of the molecule is C=C(CC1C(=O)c2ccccc2C1=O)c1cccc(Cl)c1. The largest absolute Gasteiger partial charge is 0.293 e. The van der Waals surface area contributed by atoms with E-state index in [1.165, 1.54) is 0 Å². The maximum absolute atomic E-state index is 12.4. The van der Waals surface area contributed by atoms with Crippen molar-refractivity contribution in [2.75, 3.05) is 0 Å². The Balaban J connectivity index is 1.85. The molecule has 0 aliphatic heterocycles. The first-order chi connectivity index (χ1) is 10.1. The van der Waals surface area contributed by atoms with E-state index in [1.54, 1.807) is 36.4 Å². The molecule has 0 saturated heterocycles. The molecule has 104 valence electrons. The number of hydrogen-bond acceptors (Lipinski definition) is 2. The van der Waals surface area contributed by atoms with Gasteiger partial charge in [-0.3, -0.25) is 9.59 Å².